The summed E-state index contributed by atoms with van der Waals surface area (Å²) < 4.78 is 16.4. The number of amides is 2. The molecule has 0 radical (unpaired) electrons. The molecule has 0 saturated carbocycles. The third kappa shape index (κ3) is 3.85. The molecule has 2 amide bonds. The van der Waals surface area contributed by atoms with E-state index in [0.717, 1.165) is 5.39 Å². The molecule has 152 valence electrons. The number of benzene rings is 1. The Morgan fingerprint density at radius 1 is 1.21 bits per heavy atom. The number of hydrogen-bond acceptors (Lipinski definition) is 5. The van der Waals surface area contributed by atoms with Crippen LogP contribution in [0.4, 0.5) is 0 Å². The topological polar surface area (TPSA) is 84.9 Å². The molecule has 29 heavy (non-hydrogen) atoms. The van der Waals surface area contributed by atoms with Gasteiger partial charge in [0.25, 0.3) is 5.91 Å². The van der Waals surface area contributed by atoms with Gasteiger partial charge in [-0.15, -0.1) is 0 Å². The van der Waals surface area contributed by atoms with Crippen LogP contribution >= 0.6 is 0 Å². The largest absolute Gasteiger partial charge is 0.493 e. The summed E-state index contributed by atoms with van der Waals surface area (Å²) in [5.74, 6) is 1.41. The lowest BCUT2D eigenvalue weighted by atomic mass is 9.95. The number of rotatable bonds is 5. The SMILES string of the molecule is COc1cccc2cc(C(C)NC(=O)C3CCN(C(=O)c4ccco4)CC3)oc12. The molecule has 2 aromatic heterocycles. The zero-order valence-corrected chi connectivity index (χ0v) is 16.5. The van der Waals surface area contributed by atoms with Crippen molar-refractivity contribution in [2.45, 2.75) is 25.8 Å². The highest BCUT2D eigenvalue weighted by atomic mass is 16.5. The summed E-state index contributed by atoms with van der Waals surface area (Å²) in [6.07, 6.45) is 2.74. The van der Waals surface area contributed by atoms with Gasteiger partial charge >= 0.3 is 0 Å². The van der Waals surface area contributed by atoms with Crippen LogP contribution in [0.3, 0.4) is 0 Å². The van der Waals surface area contributed by atoms with Crippen molar-refractivity contribution < 1.29 is 23.2 Å². The molecule has 1 aliphatic rings. The first-order valence-corrected chi connectivity index (χ1v) is 9.76. The molecule has 1 aliphatic heterocycles. The number of carbonyl (C=O) groups excluding carboxylic acids is 2. The predicted octanol–water partition coefficient (Wildman–Crippen LogP) is 3.76. The average molecular weight is 396 g/mol. The summed E-state index contributed by atoms with van der Waals surface area (Å²) in [6.45, 7) is 2.97. The molecule has 0 spiro atoms. The molecule has 7 heteroatoms. The minimum Gasteiger partial charge on any atom is -0.493 e. The van der Waals surface area contributed by atoms with Gasteiger partial charge in [0.05, 0.1) is 19.4 Å². The van der Waals surface area contributed by atoms with Crippen LogP contribution in [-0.2, 0) is 4.79 Å². The first-order valence-electron chi connectivity index (χ1n) is 9.76. The summed E-state index contributed by atoms with van der Waals surface area (Å²) in [6, 6.07) is 10.7. The van der Waals surface area contributed by atoms with Crippen LogP contribution in [0.1, 0.15) is 42.1 Å². The minimum absolute atomic E-state index is 0.0185. The Labute approximate surface area is 168 Å². The van der Waals surface area contributed by atoms with E-state index >= 15 is 0 Å². The molecule has 1 N–H and O–H groups in total. The van der Waals surface area contributed by atoms with Crippen molar-refractivity contribution >= 4 is 22.8 Å². The number of fused-ring (bicyclic) bond motifs is 1. The summed E-state index contributed by atoms with van der Waals surface area (Å²) in [5.41, 5.74) is 0.677. The molecule has 4 rings (SSSR count). The van der Waals surface area contributed by atoms with Crippen molar-refractivity contribution in [3.8, 4) is 5.75 Å². The van der Waals surface area contributed by atoms with Crippen LogP contribution in [0.5, 0.6) is 5.75 Å². The van der Waals surface area contributed by atoms with Crippen LogP contribution in [0.25, 0.3) is 11.0 Å². The zero-order valence-electron chi connectivity index (χ0n) is 16.5. The van der Waals surface area contributed by atoms with Crippen LogP contribution in [0, 0.1) is 5.92 Å². The maximum absolute atomic E-state index is 12.7. The molecular weight excluding hydrogens is 372 g/mol. The van der Waals surface area contributed by atoms with Crippen molar-refractivity contribution in [3.63, 3.8) is 0 Å². The lowest BCUT2D eigenvalue weighted by Gasteiger charge is -2.31. The molecular formula is C22H24N2O5. The molecule has 1 fully saturated rings. The molecule has 3 heterocycles. The predicted molar refractivity (Wildman–Crippen MR) is 107 cm³/mol. The van der Waals surface area contributed by atoms with Gasteiger partial charge < -0.3 is 23.8 Å². The molecule has 1 aromatic carbocycles. The molecule has 1 saturated heterocycles. The average Bonchev–Trinajstić information content (AvgIpc) is 3.43. The Bertz CT molecular complexity index is 1000. The van der Waals surface area contributed by atoms with Crippen molar-refractivity contribution in [1.82, 2.24) is 10.2 Å². The number of piperidine rings is 1. The van der Waals surface area contributed by atoms with E-state index in [0.29, 0.717) is 48.8 Å². The van der Waals surface area contributed by atoms with E-state index in [-0.39, 0.29) is 23.8 Å². The van der Waals surface area contributed by atoms with E-state index in [1.54, 1.807) is 24.1 Å². The Morgan fingerprint density at radius 2 is 2.00 bits per heavy atom. The Hall–Kier alpha value is -3.22. The fraction of sp³-hybridized carbons (Fsp3) is 0.364. The van der Waals surface area contributed by atoms with E-state index in [1.165, 1.54) is 6.26 Å². The number of para-hydroxylation sites is 1. The third-order valence-electron chi connectivity index (χ3n) is 5.42. The number of likely N-dealkylation sites (tertiary alicyclic amines) is 1. The van der Waals surface area contributed by atoms with E-state index in [2.05, 4.69) is 5.32 Å². The van der Waals surface area contributed by atoms with Gasteiger partial charge in [0, 0.05) is 24.4 Å². The number of carbonyl (C=O) groups is 2. The third-order valence-corrected chi connectivity index (χ3v) is 5.42. The van der Waals surface area contributed by atoms with E-state index < -0.39 is 0 Å². The maximum atomic E-state index is 12.7. The van der Waals surface area contributed by atoms with Gasteiger partial charge in [0.15, 0.2) is 17.1 Å². The zero-order chi connectivity index (χ0) is 20.4. The lowest BCUT2D eigenvalue weighted by Crippen LogP contribution is -2.43. The molecule has 1 unspecified atom stereocenters. The highest BCUT2D eigenvalue weighted by Gasteiger charge is 2.29. The number of hydrogen-bond donors (Lipinski definition) is 1. The van der Waals surface area contributed by atoms with Crippen molar-refractivity contribution in [2.75, 3.05) is 20.2 Å². The number of nitrogens with zero attached hydrogens (tertiary/aromatic N) is 1. The van der Waals surface area contributed by atoms with Gasteiger partial charge in [0.1, 0.15) is 5.76 Å². The number of methoxy groups -OCH3 is 1. The Morgan fingerprint density at radius 3 is 2.69 bits per heavy atom. The normalized spacial score (nSPS) is 16.0. The molecule has 3 aromatic rings. The van der Waals surface area contributed by atoms with Crippen LogP contribution in [-0.4, -0.2) is 36.9 Å². The highest BCUT2D eigenvalue weighted by Crippen LogP contribution is 2.31. The monoisotopic (exact) mass is 396 g/mol. The second kappa shape index (κ2) is 8.03. The fourth-order valence-corrected chi connectivity index (χ4v) is 3.73. The minimum atomic E-state index is -0.262. The molecule has 0 aliphatic carbocycles. The summed E-state index contributed by atoms with van der Waals surface area (Å²) in [4.78, 5) is 26.8. The number of ether oxygens (including phenoxy) is 1. The Balaban J connectivity index is 1.35. The quantitative estimate of drug-likeness (QED) is 0.710. The van der Waals surface area contributed by atoms with E-state index in [1.807, 2.05) is 31.2 Å². The molecule has 1 atom stereocenters. The van der Waals surface area contributed by atoms with E-state index in [9.17, 15) is 9.59 Å². The smallest absolute Gasteiger partial charge is 0.289 e. The highest BCUT2D eigenvalue weighted by molar-refractivity contribution is 5.91. The van der Waals surface area contributed by atoms with Crippen LogP contribution in [0.2, 0.25) is 0 Å². The second-order valence-electron chi connectivity index (χ2n) is 7.30. The van der Waals surface area contributed by atoms with Crippen LogP contribution in [0.15, 0.2) is 51.5 Å². The van der Waals surface area contributed by atoms with Crippen LogP contribution < -0.4 is 10.1 Å². The van der Waals surface area contributed by atoms with Crippen molar-refractivity contribution in [2.24, 2.45) is 5.92 Å². The summed E-state index contributed by atoms with van der Waals surface area (Å²) in [5, 5.41) is 3.98. The molecule has 7 nitrogen and oxygen atoms in total. The summed E-state index contributed by atoms with van der Waals surface area (Å²) >= 11 is 0. The molecule has 0 bridgehead atoms. The summed E-state index contributed by atoms with van der Waals surface area (Å²) in [7, 11) is 1.60. The van der Waals surface area contributed by atoms with Gasteiger partial charge in [0.2, 0.25) is 5.91 Å². The first kappa shape index (κ1) is 19.1. The fourth-order valence-electron chi connectivity index (χ4n) is 3.73. The number of nitrogens with one attached hydrogen (secondary N) is 1. The van der Waals surface area contributed by atoms with Gasteiger partial charge in [-0.25, -0.2) is 0 Å². The van der Waals surface area contributed by atoms with Crippen molar-refractivity contribution in [3.05, 3.63) is 54.2 Å². The maximum Gasteiger partial charge on any atom is 0.289 e. The van der Waals surface area contributed by atoms with Gasteiger partial charge in [-0.2, -0.15) is 0 Å². The van der Waals surface area contributed by atoms with Gasteiger partial charge in [-0.3, -0.25) is 9.59 Å². The number of furan rings is 2. The van der Waals surface area contributed by atoms with Gasteiger partial charge in [-0.05, 0) is 44.0 Å². The first-order chi connectivity index (χ1) is 14.1. The lowest BCUT2D eigenvalue weighted by molar-refractivity contribution is -0.127. The van der Waals surface area contributed by atoms with Gasteiger partial charge in [-0.1, -0.05) is 12.1 Å². The van der Waals surface area contributed by atoms with Crippen molar-refractivity contribution in [1.29, 1.82) is 0 Å². The second-order valence-corrected chi connectivity index (χ2v) is 7.30. The van der Waals surface area contributed by atoms with E-state index in [4.69, 9.17) is 13.6 Å². The Kier molecular flexibility index (Phi) is 5.29. The standard InChI is InChI=1S/C22H24N2O5/c1-14(19-13-16-5-3-6-17(27-2)20(16)29-19)23-21(25)15-8-10-24(11-9-15)22(26)18-7-4-12-28-18/h3-7,12-15H,8-11H2,1-2H3,(H,23,25).